The van der Waals surface area contributed by atoms with Crippen LogP contribution in [0, 0.1) is 6.92 Å². The molecule has 0 atom stereocenters. The van der Waals surface area contributed by atoms with Crippen molar-refractivity contribution in [3.8, 4) is 5.75 Å². The number of hydrogen-bond donors (Lipinski definition) is 2. The van der Waals surface area contributed by atoms with Crippen LogP contribution in [0.3, 0.4) is 0 Å². The van der Waals surface area contributed by atoms with Crippen molar-refractivity contribution in [3.63, 3.8) is 0 Å². The van der Waals surface area contributed by atoms with E-state index in [4.69, 9.17) is 23.8 Å². The fraction of sp³-hybridized carbons (Fsp3) is 0.133. The van der Waals surface area contributed by atoms with Gasteiger partial charge >= 0.3 is 0 Å². The lowest BCUT2D eigenvalue weighted by Crippen LogP contribution is -2.21. The van der Waals surface area contributed by atoms with Gasteiger partial charge in [0.1, 0.15) is 10.7 Å². The van der Waals surface area contributed by atoms with E-state index in [-0.39, 0.29) is 5.75 Å². The number of phenolic OH excluding ortho intramolecular Hbond substituents is 1. The van der Waals surface area contributed by atoms with E-state index in [9.17, 15) is 5.11 Å². The number of aromatic hydroxyl groups is 1. The van der Waals surface area contributed by atoms with Crippen LogP contribution in [0.5, 0.6) is 5.75 Å². The zero-order chi connectivity index (χ0) is 13.8. The molecule has 2 rings (SSSR count). The first kappa shape index (κ1) is 13.8. The highest BCUT2D eigenvalue weighted by Crippen LogP contribution is 2.19. The average Bonchev–Trinajstić information content (AvgIpc) is 2.37. The Kier molecular flexibility index (Phi) is 4.40. The number of benzene rings is 2. The zero-order valence-electron chi connectivity index (χ0n) is 10.5. The second kappa shape index (κ2) is 6.04. The molecule has 0 aliphatic carbocycles. The Morgan fingerprint density at radius 1 is 1.21 bits per heavy atom. The van der Waals surface area contributed by atoms with Gasteiger partial charge in [0.25, 0.3) is 0 Å². The van der Waals surface area contributed by atoms with Gasteiger partial charge < -0.3 is 10.4 Å². The van der Waals surface area contributed by atoms with Gasteiger partial charge in [0.2, 0.25) is 0 Å². The van der Waals surface area contributed by atoms with E-state index < -0.39 is 0 Å². The Balaban J connectivity index is 2.03. The number of phenols is 1. The van der Waals surface area contributed by atoms with Gasteiger partial charge in [0, 0.05) is 11.6 Å². The summed E-state index contributed by atoms with van der Waals surface area (Å²) in [5, 5.41) is 13.7. The zero-order valence-corrected chi connectivity index (χ0v) is 12.1. The lowest BCUT2D eigenvalue weighted by Gasteiger charge is -2.10. The minimum absolute atomic E-state index is 0.202. The maximum absolute atomic E-state index is 9.85. The molecule has 0 aliphatic rings. The van der Waals surface area contributed by atoms with Crippen LogP contribution in [0.1, 0.15) is 16.7 Å². The Morgan fingerprint density at radius 2 is 1.89 bits per heavy atom. The van der Waals surface area contributed by atoms with Crippen molar-refractivity contribution in [1.82, 2.24) is 5.32 Å². The SMILES string of the molecule is Cc1ccc(C(=S)NCc2ccc(Cl)cc2)c(O)c1. The highest BCUT2D eigenvalue weighted by Gasteiger charge is 2.06. The second-order valence-corrected chi connectivity index (χ2v) is 5.17. The normalized spacial score (nSPS) is 10.2. The fourth-order valence-corrected chi connectivity index (χ4v) is 2.08. The molecule has 0 radical (unpaired) electrons. The van der Waals surface area contributed by atoms with Crippen molar-refractivity contribution in [3.05, 3.63) is 64.2 Å². The van der Waals surface area contributed by atoms with Crippen molar-refractivity contribution in [2.24, 2.45) is 0 Å². The number of nitrogens with one attached hydrogen (secondary N) is 1. The van der Waals surface area contributed by atoms with Crippen LogP contribution in [0.2, 0.25) is 5.02 Å². The summed E-state index contributed by atoms with van der Waals surface area (Å²) in [6, 6.07) is 13.0. The highest BCUT2D eigenvalue weighted by molar-refractivity contribution is 7.80. The van der Waals surface area contributed by atoms with Crippen LogP contribution >= 0.6 is 23.8 Å². The summed E-state index contributed by atoms with van der Waals surface area (Å²) >= 11 is 11.1. The molecule has 4 heteroatoms. The van der Waals surface area contributed by atoms with E-state index in [1.54, 1.807) is 6.07 Å². The van der Waals surface area contributed by atoms with Crippen molar-refractivity contribution < 1.29 is 5.11 Å². The van der Waals surface area contributed by atoms with Crippen LogP contribution in [0.25, 0.3) is 0 Å². The predicted molar refractivity (Wildman–Crippen MR) is 82.8 cm³/mol. The first-order valence-corrected chi connectivity index (χ1v) is 6.67. The molecule has 0 heterocycles. The molecular formula is C15H14ClNOS. The molecule has 0 saturated carbocycles. The van der Waals surface area contributed by atoms with Crippen LogP contribution < -0.4 is 5.32 Å². The van der Waals surface area contributed by atoms with E-state index in [0.717, 1.165) is 11.1 Å². The van der Waals surface area contributed by atoms with Gasteiger partial charge in [-0.05, 0) is 42.3 Å². The molecule has 0 amide bonds. The van der Waals surface area contributed by atoms with Crippen LogP contribution in [-0.2, 0) is 6.54 Å². The highest BCUT2D eigenvalue weighted by atomic mass is 35.5. The molecule has 2 aromatic carbocycles. The predicted octanol–water partition coefficient (Wildman–Crippen LogP) is 3.82. The molecule has 0 aliphatic heterocycles. The van der Waals surface area contributed by atoms with Crippen molar-refractivity contribution in [2.45, 2.75) is 13.5 Å². The van der Waals surface area contributed by atoms with Gasteiger partial charge in [-0.25, -0.2) is 0 Å². The third kappa shape index (κ3) is 3.69. The Morgan fingerprint density at radius 3 is 2.53 bits per heavy atom. The molecule has 2 N–H and O–H groups in total. The topological polar surface area (TPSA) is 32.3 Å². The first-order chi connectivity index (χ1) is 9.06. The Bertz CT molecular complexity index is 596. The van der Waals surface area contributed by atoms with E-state index in [2.05, 4.69) is 5.32 Å². The molecule has 0 unspecified atom stereocenters. The average molecular weight is 292 g/mol. The number of halogens is 1. The molecule has 0 saturated heterocycles. The van der Waals surface area contributed by atoms with Gasteiger partial charge in [-0.2, -0.15) is 0 Å². The lowest BCUT2D eigenvalue weighted by molar-refractivity contribution is 0.473. The quantitative estimate of drug-likeness (QED) is 0.843. The van der Waals surface area contributed by atoms with Crippen LogP contribution in [0.4, 0.5) is 0 Å². The second-order valence-electron chi connectivity index (χ2n) is 4.33. The maximum atomic E-state index is 9.85. The Labute approximate surface area is 123 Å². The number of rotatable bonds is 3. The molecule has 0 spiro atoms. The summed E-state index contributed by atoms with van der Waals surface area (Å²) in [4.78, 5) is 0.535. The molecular weight excluding hydrogens is 278 g/mol. The molecule has 2 nitrogen and oxygen atoms in total. The van der Waals surface area contributed by atoms with Gasteiger partial charge in [0.15, 0.2) is 0 Å². The molecule has 98 valence electrons. The summed E-state index contributed by atoms with van der Waals surface area (Å²) in [5.41, 5.74) is 2.73. The Hall–Kier alpha value is -1.58. The molecule has 2 aromatic rings. The lowest BCUT2D eigenvalue weighted by atomic mass is 10.1. The first-order valence-electron chi connectivity index (χ1n) is 5.88. The van der Waals surface area contributed by atoms with E-state index in [0.29, 0.717) is 22.1 Å². The third-order valence-electron chi connectivity index (χ3n) is 2.76. The smallest absolute Gasteiger partial charge is 0.126 e. The number of thiocarbonyl (C=S) groups is 1. The van der Waals surface area contributed by atoms with Gasteiger partial charge in [-0.3, -0.25) is 0 Å². The molecule has 0 fully saturated rings. The summed E-state index contributed by atoms with van der Waals surface area (Å²) in [5.74, 6) is 0.202. The van der Waals surface area contributed by atoms with Gasteiger partial charge in [-0.1, -0.05) is 42.0 Å². The van der Waals surface area contributed by atoms with Gasteiger partial charge in [-0.15, -0.1) is 0 Å². The standard InChI is InChI=1S/C15H14ClNOS/c1-10-2-7-13(14(18)8-10)15(19)17-9-11-3-5-12(16)6-4-11/h2-8,18H,9H2,1H3,(H,17,19). The largest absolute Gasteiger partial charge is 0.507 e. The van der Waals surface area contributed by atoms with Crippen LogP contribution in [-0.4, -0.2) is 10.1 Å². The number of aryl methyl sites for hydroxylation is 1. The summed E-state index contributed by atoms with van der Waals surface area (Å²) in [6.45, 7) is 2.52. The van der Waals surface area contributed by atoms with Crippen LogP contribution in [0.15, 0.2) is 42.5 Å². The summed E-state index contributed by atoms with van der Waals surface area (Å²) in [6.07, 6.45) is 0. The fourth-order valence-electron chi connectivity index (χ4n) is 1.71. The van der Waals surface area contributed by atoms with Crippen molar-refractivity contribution >= 4 is 28.8 Å². The van der Waals surface area contributed by atoms with E-state index in [1.165, 1.54) is 0 Å². The van der Waals surface area contributed by atoms with Crippen molar-refractivity contribution in [2.75, 3.05) is 0 Å². The number of hydrogen-bond acceptors (Lipinski definition) is 2. The van der Waals surface area contributed by atoms with Gasteiger partial charge in [0.05, 0.1) is 5.56 Å². The summed E-state index contributed by atoms with van der Waals surface area (Å²) < 4.78 is 0. The maximum Gasteiger partial charge on any atom is 0.126 e. The van der Waals surface area contributed by atoms with Crippen molar-refractivity contribution in [1.29, 1.82) is 0 Å². The minimum Gasteiger partial charge on any atom is -0.507 e. The molecule has 19 heavy (non-hydrogen) atoms. The molecule has 0 bridgehead atoms. The molecule has 0 aromatic heterocycles. The third-order valence-corrected chi connectivity index (χ3v) is 3.38. The van der Waals surface area contributed by atoms with E-state index in [1.807, 2.05) is 43.3 Å². The monoisotopic (exact) mass is 291 g/mol. The summed E-state index contributed by atoms with van der Waals surface area (Å²) in [7, 11) is 0. The van der Waals surface area contributed by atoms with E-state index >= 15 is 0 Å². The minimum atomic E-state index is 0.202.